The smallest absolute Gasteiger partial charge is 0.0264 e. The maximum atomic E-state index is 2.71. The average Bonchev–Trinajstić information content (AvgIpc) is 2.76. The Labute approximate surface area is 138 Å². The molecular weight excluding hydrogens is 264 g/mol. The van der Waals surface area contributed by atoms with Gasteiger partial charge in [0, 0.05) is 0 Å². The third-order valence-corrected chi connectivity index (χ3v) is 9.62. The second kappa shape index (κ2) is 5.25. The Kier molecular flexibility index (Phi) is 3.70. The molecule has 4 fully saturated rings. The molecule has 0 heterocycles. The molecule has 22 heavy (non-hydrogen) atoms. The van der Waals surface area contributed by atoms with Gasteiger partial charge < -0.3 is 0 Å². The zero-order chi connectivity index (χ0) is 15.5. The summed E-state index contributed by atoms with van der Waals surface area (Å²) in [6.45, 7) is 10.4. The van der Waals surface area contributed by atoms with Gasteiger partial charge >= 0.3 is 0 Å². The van der Waals surface area contributed by atoms with Gasteiger partial charge in [0.05, 0.1) is 0 Å². The van der Waals surface area contributed by atoms with E-state index in [9.17, 15) is 0 Å². The van der Waals surface area contributed by atoms with Crippen LogP contribution >= 0.6 is 0 Å². The van der Waals surface area contributed by atoms with E-state index < -0.39 is 0 Å². The van der Waals surface area contributed by atoms with Crippen LogP contribution in [0.3, 0.4) is 0 Å². The second-order valence-corrected chi connectivity index (χ2v) is 10.2. The van der Waals surface area contributed by atoms with Crippen LogP contribution in [0.25, 0.3) is 0 Å². The van der Waals surface area contributed by atoms with Crippen molar-refractivity contribution in [2.45, 2.75) is 91.9 Å². The molecule has 126 valence electrons. The van der Waals surface area contributed by atoms with Crippen LogP contribution in [-0.2, 0) is 0 Å². The largest absolute Gasteiger partial charge is 0.0651 e. The van der Waals surface area contributed by atoms with Crippen molar-refractivity contribution in [3.63, 3.8) is 0 Å². The van der Waals surface area contributed by atoms with Crippen molar-refractivity contribution in [3.8, 4) is 0 Å². The lowest BCUT2D eigenvalue weighted by atomic mass is 9.45. The zero-order valence-corrected chi connectivity index (χ0v) is 15.5. The summed E-state index contributed by atoms with van der Waals surface area (Å²) in [5.74, 6) is 6.29. The molecule has 4 saturated carbocycles. The van der Waals surface area contributed by atoms with Crippen LogP contribution in [0.2, 0.25) is 0 Å². The highest BCUT2D eigenvalue weighted by Crippen LogP contribution is 2.68. The van der Waals surface area contributed by atoms with Crippen LogP contribution < -0.4 is 0 Å². The van der Waals surface area contributed by atoms with Gasteiger partial charge in [-0.15, -0.1) is 0 Å². The first-order valence-corrected chi connectivity index (χ1v) is 10.5. The van der Waals surface area contributed by atoms with Crippen LogP contribution in [-0.4, -0.2) is 0 Å². The zero-order valence-electron chi connectivity index (χ0n) is 15.5. The minimum Gasteiger partial charge on any atom is -0.0651 e. The summed E-state index contributed by atoms with van der Waals surface area (Å²) in [5, 5.41) is 0. The number of fused-ring (bicyclic) bond motifs is 5. The molecule has 0 aromatic rings. The monoisotopic (exact) mass is 302 g/mol. The minimum atomic E-state index is 0.688. The van der Waals surface area contributed by atoms with Crippen LogP contribution in [0, 0.1) is 46.3 Å². The molecule has 0 N–H and O–H groups in total. The lowest BCUT2D eigenvalue weighted by Crippen LogP contribution is -2.52. The van der Waals surface area contributed by atoms with E-state index in [2.05, 4.69) is 27.7 Å². The number of hydrogen-bond donors (Lipinski definition) is 0. The molecule has 0 spiro atoms. The maximum Gasteiger partial charge on any atom is -0.0264 e. The molecule has 2 unspecified atom stereocenters. The Morgan fingerprint density at radius 3 is 2.45 bits per heavy atom. The summed E-state index contributed by atoms with van der Waals surface area (Å²) in [7, 11) is 0. The van der Waals surface area contributed by atoms with E-state index in [1.165, 1.54) is 19.3 Å². The van der Waals surface area contributed by atoms with E-state index in [0.29, 0.717) is 5.41 Å². The highest BCUT2D eigenvalue weighted by atomic mass is 14.6. The Morgan fingerprint density at radius 1 is 0.864 bits per heavy atom. The molecule has 0 aliphatic heterocycles. The van der Waals surface area contributed by atoms with Gasteiger partial charge in [-0.25, -0.2) is 0 Å². The Morgan fingerprint density at radius 2 is 1.68 bits per heavy atom. The summed E-state index contributed by atoms with van der Waals surface area (Å²) < 4.78 is 0. The van der Waals surface area contributed by atoms with Crippen LogP contribution in [0.5, 0.6) is 0 Å². The fraction of sp³-hybridized carbons (Fsp3) is 1.00. The lowest BCUT2D eigenvalue weighted by Gasteiger charge is -2.60. The van der Waals surface area contributed by atoms with Crippen LogP contribution in [0.15, 0.2) is 0 Å². The van der Waals surface area contributed by atoms with Crippen molar-refractivity contribution < 1.29 is 0 Å². The highest BCUT2D eigenvalue weighted by molar-refractivity contribution is 5.09. The first kappa shape index (κ1) is 15.5. The van der Waals surface area contributed by atoms with E-state index in [1.807, 2.05) is 0 Å². The van der Waals surface area contributed by atoms with Crippen molar-refractivity contribution in [1.82, 2.24) is 0 Å². The first-order valence-electron chi connectivity index (χ1n) is 10.5. The van der Waals surface area contributed by atoms with Crippen LogP contribution in [0.1, 0.15) is 91.9 Å². The summed E-state index contributed by atoms with van der Waals surface area (Å²) in [5.41, 5.74) is 1.41. The molecule has 4 aliphatic rings. The van der Waals surface area contributed by atoms with Gasteiger partial charge in [0.2, 0.25) is 0 Å². The summed E-state index contributed by atoms with van der Waals surface area (Å²) >= 11 is 0. The summed E-state index contributed by atoms with van der Waals surface area (Å²) in [6, 6.07) is 0. The second-order valence-electron chi connectivity index (χ2n) is 10.2. The molecule has 0 aromatic carbocycles. The number of hydrogen-bond acceptors (Lipinski definition) is 0. The minimum absolute atomic E-state index is 0.688. The third-order valence-electron chi connectivity index (χ3n) is 9.62. The normalized spacial score (nSPS) is 57.8. The first-order chi connectivity index (χ1) is 10.5. The van der Waals surface area contributed by atoms with E-state index in [0.717, 1.165) is 40.9 Å². The lowest BCUT2D eigenvalue weighted by molar-refractivity contribution is -0.111. The van der Waals surface area contributed by atoms with Gasteiger partial charge in [-0.05, 0) is 91.3 Å². The summed E-state index contributed by atoms with van der Waals surface area (Å²) in [6.07, 6.45) is 15.4. The topological polar surface area (TPSA) is 0 Å². The average molecular weight is 303 g/mol. The molecule has 4 rings (SSSR count). The van der Waals surface area contributed by atoms with Gasteiger partial charge in [-0.3, -0.25) is 0 Å². The molecule has 0 heteroatoms. The standard InChI is InChI=1S/C22H38/c1-5-18-15(2)14-20-17-10-9-16-8-6-7-12-21(16,3)19(17)11-13-22(18,20)4/h15-20H,5-14H2,1-4H3/t15?,16?,17-,18+,19+,20+,21+,22-/m1/s1. The molecule has 4 aliphatic carbocycles. The van der Waals surface area contributed by atoms with Crippen molar-refractivity contribution in [1.29, 1.82) is 0 Å². The summed E-state index contributed by atoms with van der Waals surface area (Å²) in [4.78, 5) is 0. The fourth-order valence-corrected chi connectivity index (χ4v) is 8.63. The molecule has 0 nitrogen and oxygen atoms in total. The fourth-order valence-electron chi connectivity index (χ4n) is 8.63. The van der Waals surface area contributed by atoms with Crippen LogP contribution in [0.4, 0.5) is 0 Å². The molecule has 0 bridgehead atoms. The molecule has 0 aromatic heterocycles. The van der Waals surface area contributed by atoms with Gasteiger partial charge in [-0.1, -0.05) is 47.0 Å². The van der Waals surface area contributed by atoms with E-state index >= 15 is 0 Å². The molecule has 8 atom stereocenters. The Hall–Kier alpha value is 0. The van der Waals surface area contributed by atoms with Crippen molar-refractivity contribution in [2.24, 2.45) is 46.3 Å². The Bertz CT molecular complexity index is 420. The highest BCUT2D eigenvalue weighted by Gasteiger charge is 2.60. The number of rotatable bonds is 1. The quantitative estimate of drug-likeness (QED) is 0.506. The molecule has 0 saturated heterocycles. The molecule has 0 radical (unpaired) electrons. The van der Waals surface area contributed by atoms with Gasteiger partial charge in [0.25, 0.3) is 0 Å². The van der Waals surface area contributed by atoms with Gasteiger partial charge in [0.1, 0.15) is 0 Å². The van der Waals surface area contributed by atoms with Crippen molar-refractivity contribution >= 4 is 0 Å². The molecular formula is C22H38. The van der Waals surface area contributed by atoms with E-state index in [4.69, 9.17) is 0 Å². The van der Waals surface area contributed by atoms with Crippen molar-refractivity contribution in [2.75, 3.05) is 0 Å². The van der Waals surface area contributed by atoms with Crippen molar-refractivity contribution in [3.05, 3.63) is 0 Å². The van der Waals surface area contributed by atoms with E-state index in [1.54, 1.807) is 44.9 Å². The predicted molar refractivity (Wildman–Crippen MR) is 94.7 cm³/mol. The Balaban J connectivity index is 1.64. The SMILES string of the molecule is CC[C@H]1C(C)C[C@H]2[C@@H]3CCC4CCCC[C@]4(C)[C@H]3CC[C@]12C. The van der Waals surface area contributed by atoms with Gasteiger partial charge in [0.15, 0.2) is 0 Å². The third kappa shape index (κ3) is 1.94. The predicted octanol–water partition coefficient (Wildman–Crippen LogP) is 6.69. The maximum absolute atomic E-state index is 2.71. The van der Waals surface area contributed by atoms with Gasteiger partial charge in [-0.2, -0.15) is 0 Å². The molecule has 0 amide bonds. The van der Waals surface area contributed by atoms with E-state index in [-0.39, 0.29) is 0 Å².